The first-order chi connectivity index (χ1) is 19.4. The van der Waals surface area contributed by atoms with Gasteiger partial charge in [-0.3, -0.25) is 24.1 Å². The number of nitrogens with one attached hydrogen (secondary N) is 1. The number of aromatic hydroxyl groups is 1. The molecule has 13 heteroatoms. The normalized spacial score (nSPS) is 28.8. The Labute approximate surface area is 234 Å². The van der Waals surface area contributed by atoms with Crippen molar-refractivity contribution in [1.82, 2.24) is 4.90 Å². The summed E-state index contributed by atoms with van der Waals surface area (Å²) in [5, 5.41) is 46.4. The molecule has 0 bridgehead atoms. The summed E-state index contributed by atoms with van der Waals surface area (Å²) in [5.41, 5.74) is 5.88. The van der Waals surface area contributed by atoms with Gasteiger partial charge in [-0.05, 0) is 44.7 Å². The zero-order valence-corrected chi connectivity index (χ0v) is 22.3. The monoisotopic (exact) mass is 572 g/mol. The van der Waals surface area contributed by atoms with Gasteiger partial charge in [0.1, 0.15) is 22.9 Å². The number of anilines is 1. The highest BCUT2D eigenvalue weighted by atomic mass is 19.1. The third-order valence-electron chi connectivity index (χ3n) is 8.79. The molecule has 0 unspecified atom stereocenters. The first kappa shape index (κ1) is 28.7. The number of benzene rings is 1. The molecule has 0 saturated carbocycles. The smallest absolute Gasteiger partial charge is 0.255 e. The number of Topliss-reactive ketones (excluding diaryl/α,β-unsaturated/α-hetero) is 2. The van der Waals surface area contributed by atoms with Crippen molar-refractivity contribution in [2.24, 2.45) is 23.3 Å². The topological polar surface area (TPSA) is 217 Å². The summed E-state index contributed by atoms with van der Waals surface area (Å²) in [6, 6.07) is -0.575. The Kier molecular flexibility index (Phi) is 7.38. The van der Waals surface area contributed by atoms with Crippen molar-refractivity contribution in [3.8, 4) is 5.75 Å². The minimum atomic E-state index is -2.86. The second kappa shape index (κ2) is 10.5. The Morgan fingerprint density at radius 2 is 1.73 bits per heavy atom. The fourth-order valence-corrected chi connectivity index (χ4v) is 6.70. The molecular weight excluding hydrogens is 539 g/mol. The molecule has 3 aliphatic carbocycles. The number of hydrogen-bond donors (Lipinski definition) is 7. The van der Waals surface area contributed by atoms with E-state index in [4.69, 9.17) is 11.5 Å². The second-order valence-electron chi connectivity index (χ2n) is 11.3. The first-order valence-corrected chi connectivity index (χ1v) is 13.7. The highest BCUT2D eigenvalue weighted by Crippen LogP contribution is 2.52. The molecule has 1 aromatic rings. The lowest BCUT2D eigenvalue weighted by Crippen LogP contribution is -2.63. The minimum absolute atomic E-state index is 0.0133. The van der Waals surface area contributed by atoms with Crippen LogP contribution in [0.15, 0.2) is 28.7 Å². The Morgan fingerprint density at radius 1 is 1.10 bits per heavy atom. The van der Waals surface area contributed by atoms with Crippen molar-refractivity contribution in [1.29, 1.82) is 0 Å². The quantitative estimate of drug-likeness (QED) is 0.199. The van der Waals surface area contributed by atoms with E-state index in [1.165, 1.54) is 0 Å². The van der Waals surface area contributed by atoms with Crippen LogP contribution >= 0.6 is 0 Å². The van der Waals surface area contributed by atoms with E-state index >= 15 is 4.39 Å². The maximum absolute atomic E-state index is 15.4. The SMILES string of the molecule is NC(=O)C1=C(O)[C@@H](N)[C@@H]2C[C@@H]3Cc4c(F)cc(NC(=O)CN5CCCCCCC5)c(O)c4C(=O)C3=C(O)[C@]2(O)C1=O. The molecule has 1 aliphatic heterocycles. The van der Waals surface area contributed by atoms with Crippen LogP contribution in [-0.4, -0.2) is 80.0 Å². The number of fused-ring (bicyclic) bond motifs is 3. The standard InChI is InChI=1S/C28H33FN4O8/c29-15-10-16(32-17(34)11-33-6-4-2-1-3-5-7-33)22(35)19-13(15)8-12-9-14-21(30)24(37)20(27(31)40)26(39)28(14,41)25(38)18(12)23(19)36/h10,12,14,21,35,37-38,41H,1-9,11,30H2,(H2,31,40)(H,32,34)/t12-,14-,21-,28-/m0/s1. The molecule has 2 amide bonds. The van der Waals surface area contributed by atoms with Crippen LogP contribution in [-0.2, 0) is 20.8 Å². The summed E-state index contributed by atoms with van der Waals surface area (Å²) in [7, 11) is 0. The van der Waals surface area contributed by atoms with Crippen molar-refractivity contribution in [3.63, 3.8) is 0 Å². The van der Waals surface area contributed by atoms with E-state index in [1.807, 2.05) is 4.90 Å². The highest BCUT2D eigenvalue weighted by Gasteiger charge is 2.62. The highest BCUT2D eigenvalue weighted by molar-refractivity contribution is 6.25. The fraction of sp³-hybridized carbons (Fsp3) is 0.500. The molecule has 12 nitrogen and oxygen atoms in total. The molecule has 1 aromatic carbocycles. The molecule has 0 radical (unpaired) electrons. The first-order valence-electron chi connectivity index (χ1n) is 13.7. The number of ketones is 2. The predicted molar refractivity (Wildman–Crippen MR) is 142 cm³/mol. The number of primary amides is 1. The van der Waals surface area contributed by atoms with Gasteiger partial charge in [0.05, 0.1) is 23.8 Å². The second-order valence-corrected chi connectivity index (χ2v) is 11.3. The molecule has 0 aromatic heterocycles. The number of likely N-dealkylation sites (tertiary alicyclic amines) is 1. The van der Waals surface area contributed by atoms with E-state index < -0.39 is 86.7 Å². The molecule has 0 spiro atoms. The summed E-state index contributed by atoms with van der Waals surface area (Å²) >= 11 is 0. The maximum Gasteiger partial charge on any atom is 0.255 e. The maximum atomic E-state index is 15.4. The predicted octanol–water partition coefficient (Wildman–Crippen LogP) is 0.861. The zero-order valence-electron chi connectivity index (χ0n) is 22.3. The van der Waals surface area contributed by atoms with Crippen molar-refractivity contribution in [2.75, 3.05) is 25.0 Å². The molecule has 1 heterocycles. The number of phenolic OH excluding ortho intramolecular Hbond substituents is 1. The largest absolute Gasteiger partial charge is 0.510 e. The van der Waals surface area contributed by atoms with Crippen LogP contribution < -0.4 is 16.8 Å². The third kappa shape index (κ3) is 4.57. The Balaban J connectivity index is 1.49. The van der Waals surface area contributed by atoms with Gasteiger partial charge in [-0.15, -0.1) is 0 Å². The molecule has 1 saturated heterocycles. The van der Waals surface area contributed by atoms with Gasteiger partial charge in [0.2, 0.25) is 11.7 Å². The Hall–Kier alpha value is -3.81. The number of aliphatic hydroxyl groups is 3. The van der Waals surface area contributed by atoms with Crippen LogP contribution in [0.25, 0.3) is 0 Å². The van der Waals surface area contributed by atoms with Gasteiger partial charge in [0, 0.05) is 23.1 Å². The van der Waals surface area contributed by atoms with E-state index in [2.05, 4.69) is 5.32 Å². The minimum Gasteiger partial charge on any atom is -0.510 e. The lowest BCUT2D eigenvalue weighted by molar-refractivity contribution is -0.145. The van der Waals surface area contributed by atoms with Gasteiger partial charge in [0.25, 0.3) is 5.91 Å². The number of aliphatic hydroxyl groups excluding tert-OH is 2. The van der Waals surface area contributed by atoms with Crippen LogP contribution in [0.4, 0.5) is 10.1 Å². The van der Waals surface area contributed by atoms with Crippen LogP contribution in [0.5, 0.6) is 5.75 Å². The van der Waals surface area contributed by atoms with Gasteiger partial charge >= 0.3 is 0 Å². The van der Waals surface area contributed by atoms with E-state index in [-0.39, 0.29) is 30.6 Å². The number of hydrogen-bond acceptors (Lipinski definition) is 10. The number of nitrogens with zero attached hydrogens (tertiary/aromatic N) is 1. The Bertz CT molecular complexity index is 1410. The van der Waals surface area contributed by atoms with Gasteiger partial charge < -0.3 is 37.2 Å². The van der Waals surface area contributed by atoms with E-state index in [9.17, 15) is 39.6 Å². The lowest BCUT2D eigenvalue weighted by atomic mass is 9.59. The van der Waals surface area contributed by atoms with Gasteiger partial charge in [-0.2, -0.15) is 0 Å². The van der Waals surface area contributed by atoms with Gasteiger partial charge in [-0.1, -0.05) is 19.3 Å². The van der Waals surface area contributed by atoms with Gasteiger partial charge in [-0.25, -0.2) is 4.39 Å². The molecule has 5 rings (SSSR count). The fourth-order valence-electron chi connectivity index (χ4n) is 6.70. The van der Waals surface area contributed by atoms with E-state index in [1.54, 1.807) is 0 Å². The van der Waals surface area contributed by atoms with Crippen LogP contribution in [0.1, 0.15) is 54.4 Å². The van der Waals surface area contributed by atoms with Crippen molar-refractivity contribution < 1.29 is 44.0 Å². The Morgan fingerprint density at radius 3 is 2.37 bits per heavy atom. The summed E-state index contributed by atoms with van der Waals surface area (Å²) in [5.74, 6) is -10.2. The summed E-state index contributed by atoms with van der Waals surface area (Å²) in [6.07, 6.45) is 4.70. The molecule has 220 valence electrons. The molecular formula is C28H33FN4O8. The third-order valence-corrected chi connectivity index (χ3v) is 8.79. The van der Waals surface area contributed by atoms with Crippen LogP contribution in [0.3, 0.4) is 0 Å². The van der Waals surface area contributed by atoms with E-state index in [0.29, 0.717) is 0 Å². The number of carbonyl (C=O) groups is 4. The summed E-state index contributed by atoms with van der Waals surface area (Å²) < 4.78 is 15.4. The summed E-state index contributed by atoms with van der Waals surface area (Å²) in [4.78, 5) is 53.4. The van der Waals surface area contributed by atoms with Gasteiger partial charge in [0.15, 0.2) is 17.1 Å². The zero-order chi connectivity index (χ0) is 29.8. The van der Waals surface area contributed by atoms with Crippen LogP contribution in [0, 0.1) is 17.7 Å². The van der Waals surface area contributed by atoms with Crippen molar-refractivity contribution in [3.05, 3.63) is 45.7 Å². The van der Waals surface area contributed by atoms with Crippen molar-refractivity contribution >= 4 is 29.1 Å². The average Bonchev–Trinajstić information content (AvgIpc) is 2.89. The number of phenols is 1. The number of amides is 2. The number of halogens is 1. The number of rotatable bonds is 4. The molecule has 4 atom stereocenters. The molecule has 1 fully saturated rings. The van der Waals surface area contributed by atoms with Crippen molar-refractivity contribution in [2.45, 2.75) is 56.6 Å². The number of nitrogens with two attached hydrogens (primary N) is 2. The lowest BCUT2D eigenvalue weighted by Gasteiger charge is -2.47. The summed E-state index contributed by atoms with van der Waals surface area (Å²) in [6.45, 7) is 1.46. The average molecular weight is 573 g/mol. The number of allylic oxidation sites excluding steroid dienone is 1. The molecule has 41 heavy (non-hydrogen) atoms. The van der Waals surface area contributed by atoms with Crippen LogP contribution in [0.2, 0.25) is 0 Å². The number of carbonyl (C=O) groups excluding carboxylic acids is 4. The van der Waals surface area contributed by atoms with E-state index in [0.717, 1.165) is 51.3 Å². The molecule has 9 N–H and O–H groups in total. The molecule has 4 aliphatic rings.